The smallest absolute Gasteiger partial charge is 0.260 e. The predicted octanol–water partition coefficient (Wildman–Crippen LogP) is -0.0233. The van der Waals surface area contributed by atoms with Crippen molar-refractivity contribution in [2.75, 3.05) is 13.1 Å². The highest BCUT2D eigenvalue weighted by atomic mass is 32.2. The van der Waals surface area contributed by atoms with Crippen molar-refractivity contribution < 1.29 is 13.2 Å². The third-order valence-electron chi connectivity index (χ3n) is 5.09. The van der Waals surface area contributed by atoms with Crippen molar-refractivity contribution in [2.45, 2.75) is 30.5 Å². The van der Waals surface area contributed by atoms with Gasteiger partial charge in [0.25, 0.3) is 10.0 Å². The van der Waals surface area contributed by atoms with Gasteiger partial charge in [0.15, 0.2) is 10.8 Å². The van der Waals surface area contributed by atoms with E-state index in [0.29, 0.717) is 43.2 Å². The molecule has 4 aromatic heterocycles. The molecule has 166 valence electrons. The molecule has 1 aliphatic heterocycles. The van der Waals surface area contributed by atoms with Crippen molar-refractivity contribution in [1.29, 1.82) is 0 Å². The molecule has 0 radical (unpaired) electrons. The number of hydrogen-bond donors (Lipinski definition) is 1. The van der Waals surface area contributed by atoms with Crippen LogP contribution in [0.1, 0.15) is 24.6 Å². The number of rotatable bonds is 7. The lowest BCUT2D eigenvalue weighted by molar-refractivity contribution is 0.241. The minimum absolute atomic E-state index is 0.0224. The topological polar surface area (TPSA) is 162 Å². The van der Waals surface area contributed by atoms with E-state index >= 15 is 0 Å². The Hall–Kier alpha value is -3.72. The zero-order chi connectivity index (χ0) is 22.0. The maximum absolute atomic E-state index is 12.6. The van der Waals surface area contributed by atoms with Crippen LogP contribution in [-0.2, 0) is 16.6 Å². The molecule has 1 saturated heterocycles. The van der Waals surface area contributed by atoms with Crippen LogP contribution in [0.3, 0.4) is 0 Å². The average molecular weight is 457 g/mol. The van der Waals surface area contributed by atoms with Crippen LogP contribution < -0.4 is 4.74 Å². The van der Waals surface area contributed by atoms with Crippen LogP contribution in [0, 0.1) is 0 Å². The summed E-state index contributed by atoms with van der Waals surface area (Å²) < 4.78 is 33.8. The van der Waals surface area contributed by atoms with Gasteiger partial charge in [0.1, 0.15) is 24.4 Å². The second-order valence-corrected chi connectivity index (χ2v) is 9.01. The molecule has 0 aromatic carbocycles. The zero-order valence-corrected chi connectivity index (χ0v) is 17.6. The summed E-state index contributed by atoms with van der Waals surface area (Å²) >= 11 is 0. The Bertz CT molecular complexity index is 1250. The number of aromatic amines is 1. The maximum Gasteiger partial charge on any atom is 0.260 e. The lowest BCUT2D eigenvalue weighted by Gasteiger charge is -2.30. The first kappa shape index (κ1) is 20.2. The number of nitrogens with zero attached hydrogens (tertiary/aromatic N) is 10. The molecule has 14 nitrogen and oxygen atoms in total. The summed E-state index contributed by atoms with van der Waals surface area (Å²) in [7, 11) is -3.55. The van der Waals surface area contributed by atoms with Gasteiger partial charge in [0, 0.05) is 13.1 Å². The van der Waals surface area contributed by atoms with Crippen LogP contribution in [0.2, 0.25) is 0 Å². The van der Waals surface area contributed by atoms with Crippen LogP contribution >= 0.6 is 0 Å². The highest BCUT2D eigenvalue weighted by Crippen LogP contribution is 2.25. The summed E-state index contributed by atoms with van der Waals surface area (Å²) in [6.45, 7) is 1.01. The number of imidazole rings is 1. The van der Waals surface area contributed by atoms with Gasteiger partial charge in [-0.3, -0.25) is 0 Å². The normalized spacial score (nSPS) is 15.8. The number of pyridine rings is 1. The molecule has 5 rings (SSSR count). The maximum atomic E-state index is 12.6. The monoisotopic (exact) mass is 457 g/mol. The minimum atomic E-state index is -3.55. The van der Waals surface area contributed by atoms with E-state index in [1.165, 1.54) is 27.8 Å². The van der Waals surface area contributed by atoms with Gasteiger partial charge in [0.2, 0.25) is 0 Å². The molecule has 15 heteroatoms. The third kappa shape index (κ3) is 4.06. The summed E-state index contributed by atoms with van der Waals surface area (Å²) in [6, 6.07) is 3.53. The number of sulfonamides is 1. The summed E-state index contributed by atoms with van der Waals surface area (Å²) in [4.78, 5) is 12.3. The second-order valence-electron chi connectivity index (χ2n) is 7.10. The Labute approximate surface area is 182 Å². The molecule has 0 aliphatic carbocycles. The number of piperidine rings is 1. The van der Waals surface area contributed by atoms with E-state index in [9.17, 15) is 8.42 Å². The SMILES string of the molecule is O=S(=O)(c1cnc[nH]1)N1CCC(n2ncc(COc3ccc(-n4cnnn4)nc3)n2)CC1. The lowest BCUT2D eigenvalue weighted by atomic mass is 10.1. The molecule has 0 amide bonds. The Morgan fingerprint density at radius 2 is 2.03 bits per heavy atom. The van der Waals surface area contributed by atoms with Gasteiger partial charge in [-0.15, -0.1) is 5.10 Å². The highest BCUT2D eigenvalue weighted by Gasteiger charge is 2.31. The molecule has 0 bridgehead atoms. The van der Waals surface area contributed by atoms with Gasteiger partial charge in [-0.1, -0.05) is 0 Å². The van der Waals surface area contributed by atoms with Gasteiger partial charge < -0.3 is 9.72 Å². The highest BCUT2D eigenvalue weighted by molar-refractivity contribution is 7.89. The van der Waals surface area contributed by atoms with Crippen LogP contribution in [0.25, 0.3) is 5.82 Å². The predicted molar refractivity (Wildman–Crippen MR) is 107 cm³/mol. The Morgan fingerprint density at radius 1 is 1.16 bits per heavy atom. The Balaban J connectivity index is 1.15. The molecule has 1 fully saturated rings. The summed E-state index contributed by atoms with van der Waals surface area (Å²) in [5.74, 6) is 1.16. The van der Waals surface area contributed by atoms with Crippen molar-refractivity contribution in [2.24, 2.45) is 0 Å². The zero-order valence-electron chi connectivity index (χ0n) is 16.8. The number of tetrazole rings is 1. The molecule has 0 unspecified atom stereocenters. The molecule has 1 N–H and O–H groups in total. The van der Waals surface area contributed by atoms with Gasteiger partial charge >= 0.3 is 0 Å². The first-order chi connectivity index (χ1) is 15.6. The number of aromatic nitrogens is 10. The Kier molecular flexibility index (Phi) is 5.32. The van der Waals surface area contributed by atoms with E-state index in [1.807, 2.05) is 0 Å². The van der Waals surface area contributed by atoms with E-state index in [1.54, 1.807) is 29.3 Å². The van der Waals surface area contributed by atoms with Gasteiger partial charge in [-0.2, -0.15) is 24.0 Å². The van der Waals surface area contributed by atoms with Crippen LogP contribution in [-0.4, -0.2) is 76.0 Å². The molecule has 0 spiro atoms. The summed E-state index contributed by atoms with van der Waals surface area (Å²) in [6.07, 6.45) is 8.59. The van der Waals surface area contributed by atoms with Crippen molar-refractivity contribution in [3.05, 3.63) is 49.1 Å². The summed E-state index contributed by atoms with van der Waals surface area (Å²) in [5, 5.41) is 19.9. The standard InChI is InChI=1S/C17H19N11O3S/c29-32(30,17-9-18-11-20-17)26-5-3-14(4-6-26)28-22-7-13(23-28)10-31-15-1-2-16(19-8-15)27-12-21-24-25-27/h1-2,7-9,11-12,14H,3-6,10H2,(H,18,20). The molecule has 32 heavy (non-hydrogen) atoms. The minimum Gasteiger partial charge on any atom is -0.486 e. The van der Waals surface area contributed by atoms with E-state index < -0.39 is 10.0 Å². The van der Waals surface area contributed by atoms with E-state index in [4.69, 9.17) is 4.74 Å². The van der Waals surface area contributed by atoms with Crippen molar-refractivity contribution in [3.8, 4) is 11.6 Å². The second kappa shape index (κ2) is 8.43. The molecule has 0 saturated carbocycles. The average Bonchev–Trinajstić information content (AvgIpc) is 3.61. The quantitative estimate of drug-likeness (QED) is 0.399. The number of nitrogens with one attached hydrogen (secondary N) is 1. The van der Waals surface area contributed by atoms with Crippen LogP contribution in [0.15, 0.2) is 48.4 Å². The van der Waals surface area contributed by atoms with Crippen LogP contribution in [0.4, 0.5) is 0 Å². The van der Waals surface area contributed by atoms with Gasteiger partial charge in [-0.05, 0) is 35.4 Å². The van der Waals surface area contributed by atoms with Crippen LogP contribution in [0.5, 0.6) is 5.75 Å². The molecular weight excluding hydrogens is 438 g/mol. The van der Waals surface area contributed by atoms with Gasteiger partial charge in [-0.25, -0.2) is 18.4 Å². The summed E-state index contributed by atoms with van der Waals surface area (Å²) in [5.41, 5.74) is 0.669. The number of ether oxygens (including phenoxy) is 1. The third-order valence-corrected chi connectivity index (χ3v) is 6.91. The van der Waals surface area contributed by atoms with E-state index in [-0.39, 0.29) is 17.7 Å². The fourth-order valence-electron chi connectivity index (χ4n) is 3.40. The molecule has 5 heterocycles. The molecular formula is C17H19N11O3S. The molecule has 4 aromatic rings. The number of hydrogen-bond acceptors (Lipinski definition) is 10. The molecule has 0 atom stereocenters. The first-order valence-corrected chi connectivity index (χ1v) is 11.2. The van der Waals surface area contributed by atoms with Crippen molar-refractivity contribution >= 4 is 10.0 Å². The first-order valence-electron chi connectivity index (χ1n) is 9.81. The number of H-pyrrole nitrogens is 1. The molecule has 1 aliphatic rings. The lowest BCUT2D eigenvalue weighted by Crippen LogP contribution is -2.39. The van der Waals surface area contributed by atoms with Crippen molar-refractivity contribution in [3.63, 3.8) is 0 Å². The van der Waals surface area contributed by atoms with Crippen molar-refractivity contribution in [1.82, 2.24) is 54.5 Å². The fraction of sp³-hybridized carbons (Fsp3) is 0.353. The van der Waals surface area contributed by atoms with E-state index in [2.05, 4.69) is 40.7 Å². The van der Waals surface area contributed by atoms with Gasteiger partial charge in [0.05, 0.1) is 31.0 Å². The fourth-order valence-corrected chi connectivity index (χ4v) is 4.77. The Morgan fingerprint density at radius 3 is 2.72 bits per heavy atom. The van der Waals surface area contributed by atoms with E-state index in [0.717, 1.165) is 0 Å². The largest absolute Gasteiger partial charge is 0.486 e.